The zero-order chi connectivity index (χ0) is 52.0. The van der Waals surface area contributed by atoms with Gasteiger partial charge in [-0.2, -0.15) is 0 Å². The molecule has 0 aliphatic heterocycles. The highest BCUT2D eigenvalue weighted by Crippen LogP contribution is 2.38. The fourth-order valence-electron chi connectivity index (χ4n) is 10.1. The van der Waals surface area contributed by atoms with E-state index < -0.39 is 20.0 Å². The Balaban J connectivity index is 3.93. The number of amides is 1. The van der Waals surface area contributed by atoms with Crippen LogP contribution in [0.2, 0.25) is 0 Å². The van der Waals surface area contributed by atoms with Crippen LogP contribution in [0.5, 0.6) is 0 Å². The van der Waals surface area contributed by atoms with Crippen LogP contribution in [0.3, 0.4) is 0 Å². The van der Waals surface area contributed by atoms with Crippen molar-refractivity contribution in [1.29, 1.82) is 0 Å². The van der Waals surface area contributed by atoms with E-state index in [-0.39, 0.29) is 19.1 Å². The SMILES string of the molecule is CCCCCCCCCCCCCCCCCCCCCCCCCCCCCCCCCCCC(=O)N[C@@H](COP(=O)([O-])OCC[N+](C)(C)C)[C@H](O)CCCCCCCCCCCCCCCCCC. The zero-order valence-corrected chi connectivity index (χ0v) is 49.6. The first-order valence-electron chi connectivity index (χ1n) is 31.9. The van der Waals surface area contributed by atoms with Crippen LogP contribution in [0, 0.1) is 0 Å². The number of aliphatic hydroxyl groups is 1. The van der Waals surface area contributed by atoms with Crippen LogP contribution in [0.1, 0.15) is 341 Å². The van der Waals surface area contributed by atoms with Crippen molar-refractivity contribution in [2.45, 2.75) is 353 Å². The summed E-state index contributed by atoms with van der Waals surface area (Å²) in [5.41, 5.74) is 0. The Labute approximate surface area is 444 Å². The third kappa shape index (κ3) is 57.1. The molecule has 0 aliphatic carbocycles. The minimum Gasteiger partial charge on any atom is -0.756 e. The molecular formula is C62H127N2O6P. The quantitative estimate of drug-likeness (QED) is 0.0357. The first-order chi connectivity index (χ1) is 34.5. The van der Waals surface area contributed by atoms with Crippen LogP contribution >= 0.6 is 7.82 Å². The second kappa shape index (κ2) is 54.3. The number of likely N-dealkylation sites (N-methyl/N-ethyl adjacent to an activating group) is 1. The van der Waals surface area contributed by atoms with Gasteiger partial charge in [0, 0.05) is 6.42 Å². The highest BCUT2D eigenvalue weighted by Gasteiger charge is 2.24. The summed E-state index contributed by atoms with van der Waals surface area (Å²) in [6, 6.07) is -0.795. The molecule has 426 valence electrons. The molecule has 0 heterocycles. The van der Waals surface area contributed by atoms with E-state index in [1.807, 2.05) is 21.1 Å². The highest BCUT2D eigenvalue weighted by atomic mass is 31.2. The van der Waals surface area contributed by atoms with Gasteiger partial charge in [-0.05, 0) is 12.8 Å². The average molecular weight is 1030 g/mol. The molecule has 2 N–H and O–H groups in total. The molecule has 8 nitrogen and oxygen atoms in total. The lowest BCUT2D eigenvalue weighted by Gasteiger charge is -2.30. The number of phosphoric ester groups is 1. The number of quaternary nitrogens is 1. The topological polar surface area (TPSA) is 108 Å². The van der Waals surface area contributed by atoms with Gasteiger partial charge in [-0.15, -0.1) is 0 Å². The summed E-state index contributed by atoms with van der Waals surface area (Å²) in [5, 5.41) is 14.0. The molecule has 0 radical (unpaired) electrons. The predicted molar refractivity (Wildman–Crippen MR) is 307 cm³/mol. The van der Waals surface area contributed by atoms with E-state index in [1.54, 1.807) is 0 Å². The molecule has 0 spiro atoms. The van der Waals surface area contributed by atoms with Gasteiger partial charge in [0.15, 0.2) is 0 Å². The van der Waals surface area contributed by atoms with Crippen molar-refractivity contribution in [2.75, 3.05) is 40.9 Å². The minimum absolute atomic E-state index is 0.0166. The number of unbranched alkanes of at least 4 members (excludes halogenated alkanes) is 47. The normalized spacial score (nSPS) is 13.7. The van der Waals surface area contributed by atoms with Crippen LogP contribution in [0.4, 0.5) is 0 Å². The van der Waals surface area contributed by atoms with Crippen molar-refractivity contribution in [3.05, 3.63) is 0 Å². The second-order valence-electron chi connectivity index (χ2n) is 23.5. The smallest absolute Gasteiger partial charge is 0.268 e. The maximum Gasteiger partial charge on any atom is 0.268 e. The van der Waals surface area contributed by atoms with Crippen molar-refractivity contribution in [3.63, 3.8) is 0 Å². The molecule has 71 heavy (non-hydrogen) atoms. The molecule has 0 aromatic heterocycles. The fourth-order valence-corrected chi connectivity index (χ4v) is 10.8. The van der Waals surface area contributed by atoms with Crippen LogP contribution in [-0.2, 0) is 18.4 Å². The van der Waals surface area contributed by atoms with Gasteiger partial charge >= 0.3 is 0 Å². The van der Waals surface area contributed by atoms with Crippen molar-refractivity contribution in [2.24, 2.45) is 0 Å². The molecule has 0 aromatic carbocycles. The van der Waals surface area contributed by atoms with Gasteiger partial charge in [0.25, 0.3) is 7.82 Å². The molecule has 0 aromatic rings. The molecule has 9 heteroatoms. The van der Waals surface area contributed by atoms with E-state index in [2.05, 4.69) is 19.2 Å². The van der Waals surface area contributed by atoms with E-state index in [0.717, 1.165) is 38.5 Å². The predicted octanol–water partition coefficient (Wildman–Crippen LogP) is 19.0. The fraction of sp³-hybridized carbons (Fsp3) is 0.984. The number of hydrogen-bond donors (Lipinski definition) is 2. The van der Waals surface area contributed by atoms with E-state index >= 15 is 0 Å². The largest absolute Gasteiger partial charge is 0.756 e. The molecule has 1 unspecified atom stereocenters. The Kier molecular flexibility index (Phi) is 53.9. The van der Waals surface area contributed by atoms with Crippen LogP contribution in [-0.4, -0.2) is 68.5 Å². The van der Waals surface area contributed by atoms with Gasteiger partial charge in [0.05, 0.1) is 39.9 Å². The number of carbonyl (C=O) groups excluding carboxylic acids is 1. The Hall–Kier alpha value is -0.500. The molecule has 0 aliphatic rings. The number of phosphoric acid groups is 1. The zero-order valence-electron chi connectivity index (χ0n) is 48.7. The lowest BCUT2D eigenvalue weighted by molar-refractivity contribution is -0.870. The summed E-state index contributed by atoms with van der Waals surface area (Å²) in [5.74, 6) is -0.156. The lowest BCUT2D eigenvalue weighted by atomic mass is 10.0. The maximum absolute atomic E-state index is 13.0. The van der Waals surface area contributed by atoms with Crippen molar-refractivity contribution in [3.8, 4) is 0 Å². The Morgan fingerprint density at radius 3 is 0.958 bits per heavy atom. The summed E-state index contributed by atoms with van der Waals surface area (Å²) < 4.78 is 23.4. The summed E-state index contributed by atoms with van der Waals surface area (Å²) in [6.07, 6.45) is 65.9. The first kappa shape index (κ1) is 70.5. The van der Waals surface area contributed by atoms with Gasteiger partial charge in [0.2, 0.25) is 5.91 Å². The number of hydrogen-bond acceptors (Lipinski definition) is 6. The van der Waals surface area contributed by atoms with E-state index in [0.29, 0.717) is 23.9 Å². The minimum atomic E-state index is -4.57. The van der Waals surface area contributed by atoms with Crippen LogP contribution in [0.15, 0.2) is 0 Å². The van der Waals surface area contributed by atoms with Crippen molar-refractivity contribution < 1.29 is 32.9 Å². The molecule has 0 rings (SSSR count). The van der Waals surface area contributed by atoms with Gasteiger partial charge in [-0.25, -0.2) is 0 Å². The Morgan fingerprint density at radius 1 is 0.437 bits per heavy atom. The number of rotatable bonds is 60. The summed E-state index contributed by atoms with van der Waals surface area (Å²) in [6.45, 7) is 4.78. The van der Waals surface area contributed by atoms with Crippen molar-refractivity contribution in [1.82, 2.24) is 5.32 Å². The number of aliphatic hydroxyl groups excluding tert-OH is 1. The molecule has 0 saturated heterocycles. The van der Waals surface area contributed by atoms with E-state index in [9.17, 15) is 19.4 Å². The van der Waals surface area contributed by atoms with Crippen LogP contribution in [0.25, 0.3) is 0 Å². The molecule has 0 saturated carbocycles. The number of nitrogens with zero attached hydrogens (tertiary/aromatic N) is 1. The Morgan fingerprint density at radius 2 is 0.690 bits per heavy atom. The molecule has 0 fully saturated rings. The Bertz CT molecular complexity index is 1120. The summed E-state index contributed by atoms with van der Waals surface area (Å²) in [4.78, 5) is 25.6. The molecule has 3 atom stereocenters. The third-order valence-corrected chi connectivity index (χ3v) is 16.1. The molecule has 1 amide bonds. The second-order valence-corrected chi connectivity index (χ2v) is 24.9. The summed E-state index contributed by atoms with van der Waals surface area (Å²) in [7, 11) is 1.33. The van der Waals surface area contributed by atoms with Gasteiger partial charge < -0.3 is 28.8 Å². The van der Waals surface area contributed by atoms with E-state index in [1.165, 1.54) is 276 Å². The average Bonchev–Trinajstić information content (AvgIpc) is 3.33. The summed E-state index contributed by atoms with van der Waals surface area (Å²) >= 11 is 0. The van der Waals surface area contributed by atoms with Crippen molar-refractivity contribution >= 4 is 13.7 Å². The maximum atomic E-state index is 13.0. The van der Waals surface area contributed by atoms with Gasteiger partial charge in [-0.3, -0.25) is 9.36 Å². The monoisotopic (exact) mass is 1030 g/mol. The van der Waals surface area contributed by atoms with E-state index in [4.69, 9.17) is 9.05 Å². The van der Waals surface area contributed by atoms with Gasteiger partial charge in [-0.1, -0.05) is 322 Å². The molecular weight excluding hydrogens is 900 g/mol. The third-order valence-electron chi connectivity index (χ3n) is 15.1. The standard InChI is InChI=1S/C62H127N2O6P/c1-6-8-10-12-14-16-18-20-22-24-25-26-27-28-29-30-31-32-33-34-35-36-37-38-39-40-42-44-46-48-50-52-54-56-62(66)63-60(59-70-71(67,68)69-58-57-64(3,4)5)61(65)55-53-51-49-47-45-43-41-23-21-19-17-15-13-11-9-7-2/h60-61,65H,6-59H2,1-5H3,(H-,63,66,67,68)/t60-,61+/m0/s1. The lowest BCUT2D eigenvalue weighted by Crippen LogP contribution is -2.46. The highest BCUT2D eigenvalue weighted by molar-refractivity contribution is 7.45. The number of carbonyl (C=O) groups is 1. The van der Waals surface area contributed by atoms with Crippen LogP contribution < -0.4 is 10.2 Å². The molecule has 0 bridgehead atoms. The number of nitrogens with one attached hydrogen (secondary N) is 1. The first-order valence-corrected chi connectivity index (χ1v) is 33.3. The van der Waals surface area contributed by atoms with Gasteiger partial charge in [0.1, 0.15) is 13.2 Å².